The number of benzene rings is 1. The zero-order chi connectivity index (χ0) is 15.7. The summed E-state index contributed by atoms with van der Waals surface area (Å²) in [4.78, 5) is 24.4. The second-order valence-electron chi connectivity index (χ2n) is 6.11. The number of hydrogen-bond donors (Lipinski definition) is 0. The third-order valence-electron chi connectivity index (χ3n) is 4.63. The third kappa shape index (κ3) is 2.65. The third-order valence-corrected chi connectivity index (χ3v) is 4.63. The summed E-state index contributed by atoms with van der Waals surface area (Å²) in [5.74, 6) is -1.22. The minimum atomic E-state index is -0.333. The van der Waals surface area contributed by atoms with Crippen LogP contribution < -0.4 is 0 Å². The molecule has 1 aromatic rings. The maximum atomic E-state index is 12.6. The first-order valence-corrected chi connectivity index (χ1v) is 7.67. The molecule has 1 aromatic carbocycles. The summed E-state index contributed by atoms with van der Waals surface area (Å²) in [7, 11) is 0. The molecule has 1 saturated heterocycles. The van der Waals surface area contributed by atoms with E-state index in [-0.39, 0.29) is 48.3 Å². The highest BCUT2D eigenvalue weighted by Crippen LogP contribution is 2.43. The minimum Gasteiger partial charge on any atom is -0.462 e. The van der Waals surface area contributed by atoms with Gasteiger partial charge in [0.2, 0.25) is 0 Å². The van der Waals surface area contributed by atoms with Gasteiger partial charge in [0.05, 0.1) is 11.8 Å². The van der Waals surface area contributed by atoms with Crippen LogP contribution in [0.25, 0.3) is 0 Å². The van der Waals surface area contributed by atoms with Crippen LogP contribution in [0.1, 0.15) is 19.4 Å². The van der Waals surface area contributed by atoms with Crippen molar-refractivity contribution in [1.82, 2.24) is 0 Å². The number of allylic oxidation sites excluding steroid dienone is 1. The fourth-order valence-corrected chi connectivity index (χ4v) is 3.47. The maximum absolute atomic E-state index is 12.6. The van der Waals surface area contributed by atoms with Gasteiger partial charge in [-0.1, -0.05) is 49.4 Å². The first kappa shape index (κ1) is 14.8. The number of esters is 2. The van der Waals surface area contributed by atoms with E-state index in [1.165, 1.54) is 0 Å². The Hall–Kier alpha value is -2.10. The van der Waals surface area contributed by atoms with Gasteiger partial charge in [-0.3, -0.25) is 9.59 Å². The molecule has 1 heterocycles. The van der Waals surface area contributed by atoms with Gasteiger partial charge < -0.3 is 9.47 Å². The Kier molecular flexibility index (Phi) is 4.01. The fourth-order valence-electron chi connectivity index (χ4n) is 3.47. The van der Waals surface area contributed by atoms with Crippen LogP contribution in [-0.2, 0) is 25.7 Å². The molecule has 0 amide bonds. The zero-order valence-corrected chi connectivity index (χ0v) is 12.8. The lowest BCUT2D eigenvalue weighted by atomic mass is 9.70. The highest BCUT2D eigenvalue weighted by Gasteiger charge is 2.51. The smallest absolute Gasteiger partial charge is 0.313 e. The van der Waals surface area contributed by atoms with Crippen LogP contribution in [-0.4, -0.2) is 18.0 Å². The van der Waals surface area contributed by atoms with Crippen molar-refractivity contribution in [2.24, 2.45) is 23.7 Å². The second kappa shape index (κ2) is 5.95. The average Bonchev–Trinajstić information content (AvgIpc) is 2.80. The summed E-state index contributed by atoms with van der Waals surface area (Å²) in [6.45, 7) is 4.09. The summed E-state index contributed by atoms with van der Waals surface area (Å²) < 4.78 is 10.8. The molecule has 0 N–H and O–H groups in total. The van der Waals surface area contributed by atoms with Crippen molar-refractivity contribution < 1.29 is 19.1 Å². The molecule has 0 radical (unpaired) electrons. The Labute approximate surface area is 130 Å². The van der Waals surface area contributed by atoms with Gasteiger partial charge in [-0.05, 0) is 18.4 Å². The van der Waals surface area contributed by atoms with Crippen LogP contribution in [0.3, 0.4) is 0 Å². The Morgan fingerprint density at radius 3 is 2.64 bits per heavy atom. The Morgan fingerprint density at radius 2 is 1.91 bits per heavy atom. The highest BCUT2D eigenvalue weighted by atomic mass is 16.6. The van der Waals surface area contributed by atoms with Crippen LogP contribution in [0.2, 0.25) is 0 Å². The average molecular weight is 300 g/mol. The summed E-state index contributed by atoms with van der Waals surface area (Å²) in [5.41, 5.74) is 0.957. The van der Waals surface area contributed by atoms with E-state index in [9.17, 15) is 9.59 Å². The topological polar surface area (TPSA) is 52.6 Å². The molecule has 5 atom stereocenters. The molecule has 4 nitrogen and oxygen atoms in total. The van der Waals surface area contributed by atoms with Crippen LogP contribution in [0.4, 0.5) is 0 Å². The number of carbonyl (C=O) groups excluding carboxylic acids is 2. The van der Waals surface area contributed by atoms with Gasteiger partial charge in [0.25, 0.3) is 0 Å². The molecule has 0 bridgehead atoms. The van der Waals surface area contributed by atoms with Gasteiger partial charge in [-0.15, -0.1) is 0 Å². The molecular weight excluding hydrogens is 280 g/mol. The van der Waals surface area contributed by atoms with E-state index in [0.29, 0.717) is 0 Å². The molecule has 3 rings (SSSR count). The number of carbonyl (C=O) groups is 2. The number of fused-ring (bicyclic) bond motifs is 1. The van der Waals surface area contributed by atoms with E-state index in [2.05, 4.69) is 0 Å². The summed E-state index contributed by atoms with van der Waals surface area (Å²) in [5, 5.41) is 0. The molecular formula is C18H20O4. The fraction of sp³-hybridized carbons (Fsp3) is 0.444. The Morgan fingerprint density at radius 1 is 1.18 bits per heavy atom. The predicted octanol–water partition coefficient (Wildman–Crippen LogP) is 2.73. The van der Waals surface area contributed by atoms with Crippen molar-refractivity contribution in [1.29, 1.82) is 0 Å². The largest absolute Gasteiger partial charge is 0.462 e. The number of ether oxygens (including phenoxy) is 2. The quantitative estimate of drug-likeness (QED) is 0.636. The minimum absolute atomic E-state index is 0.0430. The standard InChI is InChI=1S/C18H20O4/c1-11-8-9-14-16(12(2)22-17(14)19)15(11)18(20)21-10-13-6-4-3-5-7-13/h3-9,11-12,14-16H,10H2,1-2H3/t11-,12-,14-,15+,16-/m1/s1. The first-order chi connectivity index (χ1) is 10.6. The van der Waals surface area contributed by atoms with E-state index >= 15 is 0 Å². The number of cyclic esters (lactones) is 1. The van der Waals surface area contributed by atoms with Gasteiger partial charge in [0.1, 0.15) is 12.7 Å². The molecule has 1 aliphatic carbocycles. The molecule has 116 valence electrons. The normalized spacial score (nSPS) is 33.2. The molecule has 0 saturated carbocycles. The molecule has 1 fully saturated rings. The van der Waals surface area contributed by atoms with Crippen LogP contribution >= 0.6 is 0 Å². The van der Waals surface area contributed by atoms with E-state index in [1.54, 1.807) is 0 Å². The molecule has 0 unspecified atom stereocenters. The van der Waals surface area contributed by atoms with Gasteiger partial charge in [-0.25, -0.2) is 0 Å². The molecule has 4 heteroatoms. The van der Waals surface area contributed by atoms with Gasteiger partial charge in [0, 0.05) is 5.92 Å². The summed E-state index contributed by atoms with van der Waals surface area (Å²) >= 11 is 0. The lowest BCUT2D eigenvalue weighted by Crippen LogP contribution is -2.39. The maximum Gasteiger partial charge on any atom is 0.313 e. The summed E-state index contributed by atoms with van der Waals surface area (Å²) in [6.07, 6.45) is 3.55. The molecule has 1 aliphatic heterocycles. The van der Waals surface area contributed by atoms with Gasteiger partial charge >= 0.3 is 11.9 Å². The highest BCUT2D eigenvalue weighted by molar-refractivity contribution is 5.81. The van der Waals surface area contributed by atoms with E-state index in [4.69, 9.17) is 9.47 Å². The SMILES string of the molecule is C[C@@H]1C=C[C@H]2C(=O)O[C@H](C)[C@H]2[C@H]1C(=O)OCc1ccccc1. The van der Waals surface area contributed by atoms with Crippen molar-refractivity contribution in [3.05, 3.63) is 48.0 Å². The molecule has 2 aliphatic rings. The van der Waals surface area contributed by atoms with Crippen molar-refractivity contribution >= 4 is 11.9 Å². The number of hydrogen-bond acceptors (Lipinski definition) is 4. The Balaban J connectivity index is 1.73. The van der Waals surface area contributed by atoms with Crippen molar-refractivity contribution in [3.63, 3.8) is 0 Å². The van der Waals surface area contributed by atoms with Crippen LogP contribution in [0.15, 0.2) is 42.5 Å². The van der Waals surface area contributed by atoms with Crippen LogP contribution in [0, 0.1) is 23.7 Å². The van der Waals surface area contributed by atoms with E-state index in [0.717, 1.165) is 5.56 Å². The first-order valence-electron chi connectivity index (χ1n) is 7.67. The molecule has 22 heavy (non-hydrogen) atoms. The van der Waals surface area contributed by atoms with E-state index in [1.807, 2.05) is 56.3 Å². The van der Waals surface area contributed by atoms with Gasteiger partial charge in [0.15, 0.2) is 0 Å². The number of rotatable bonds is 3. The van der Waals surface area contributed by atoms with Crippen LogP contribution in [0.5, 0.6) is 0 Å². The van der Waals surface area contributed by atoms with Crippen molar-refractivity contribution in [3.8, 4) is 0 Å². The van der Waals surface area contributed by atoms with Crippen molar-refractivity contribution in [2.45, 2.75) is 26.6 Å². The molecule has 0 spiro atoms. The van der Waals surface area contributed by atoms with Gasteiger partial charge in [-0.2, -0.15) is 0 Å². The molecule has 0 aromatic heterocycles. The predicted molar refractivity (Wildman–Crippen MR) is 80.6 cm³/mol. The van der Waals surface area contributed by atoms with Crippen molar-refractivity contribution in [2.75, 3.05) is 0 Å². The van der Waals surface area contributed by atoms with E-state index < -0.39 is 0 Å². The Bertz CT molecular complexity index is 592. The lowest BCUT2D eigenvalue weighted by molar-refractivity contribution is -0.155. The summed E-state index contributed by atoms with van der Waals surface area (Å²) in [6, 6.07) is 9.59. The second-order valence-corrected chi connectivity index (χ2v) is 6.11. The lowest BCUT2D eigenvalue weighted by Gasteiger charge is -2.32. The zero-order valence-electron chi connectivity index (χ0n) is 12.8. The monoisotopic (exact) mass is 300 g/mol.